The summed E-state index contributed by atoms with van der Waals surface area (Å²) in [6.45, 7) is 18.3. The molecule has 2 rings (SSSR count). The summed E-state index contributed by atoms with van der Waals surface area (Å²) in [5.74, 6) is 0.372. The second-order valence-corrected chi connectivity index (χ2v) is 10.7. The smallest absolute Gasteiger partial charge is 0.246 e. The maximum atomic E-state index is 12.5. The van der Waals surface area contributed by atoms with Crippen LogP contribution in [0.25, 0.3) is 0 Å². The van der Waals surface area contributed by atoms with Gasteiger partial charge in [-0.15, -0.1) is 0 Å². The molecular weight excluding hydrogens is 486 g/mol. The van der Waals surface area contributed by atoms with Crippen LogP contribution in [-0.2, 0) is 10.2 Å². The van der Waals surface area contributed by atoms with Gasteiger partial charge < -0.3 is 20.5 Å². The largest absolute Gasteiger partial charge is 0.491 e. The maximum absolute atomic E-state index is 12.5. The van der Waals surface area contributed by atoms with Crippen LogP contribution in [-0.4, -0.2) is 42.0 Å². The van der Waals surface area contributed by atoms with Crippen molar-refractivity contribution in [3.05, 3.63) is 88.2 Å². The molecule has 200 valence electrons. The van der Waals surface area contributed by atoms with Gasteiger partial charge in [0.15, 0.2) is 0 Å². The van der Waals surface area contributed by atoms with Crippen LogP contribution in [0.5, 0.6) is 5.75 Å². The number of carbonyl (C=O) groups excluding carboxylic acids is 1. The van der Waals surface area contributed by atoms with Gasteiger partial charge in [-0.05, 0) is 68.0 Å². The first kappa shape index (κ1) is 30.1. The number of aliphatic imine (C=N–C) groups is 1. The molecule has 0 bridgehead atoms. The van der Waals surface area contributed by atoms with Crippen molar-refractivity contribution >= 4 is 23.2 Å². The maximum Gasteiger partial charge on any atom is 0.246 e. The summed E-state index contributed by atoms with van der Waals surface area (Å²) in [6, 6.07) is 13.3. The minimum absolute atomic E-state index is 0.0928. The number of aliphatic hydroxyl groups is 1. The molecule has 37 heavy (non-hydrogen) atoms. The molecule has 0 heterocycles. The highest BCUT2D eigenvalue weighted by Gasteiger charge is 2.14. The molecule has 0 saturated carbocycles. The molecule has 1 unspecified atom stereocenters. The van der Waals surface area contributed by atoms with Crippen molar-refractivity contribution in [1.82, 2.24) is 10.6 Å². The van der Waals surface area contributed by atoms with E-state index in [0.717, 1.165) is 16.8 Å². The highest BCUT2D eigenvalue weighted by Crippen LogP contribution is 2.23. The molecule has 7 heteroatoms. The number of halogens is 1. The van der Waals surface area contributed by atoms with E-state index >= 15 is 0 Å². The van der Waals surface area contributed by atoms with Gasteiger partial charge >= 0.3 is 0 Å². The van der Waals surface area contributed by atoms with Gasteiger partial charge in [-0.1, -0.05) is 63.2 Å². The topological polar surface area (TPSA) is 83.0 Å². The average molecular weight is 526 g/mol. The molecule has 3 N–H and O–H groups in total. The van der Waals surface area contributed by atoms with E-state index in [1.165, 1.54) is 11.6 Å². The Kier molecular flexibility index (Phi) is 11.0. The van der Waals surface area contributed by atoms with Crippen LogP contribution in [0.15, 0.2) is 71.5 Å². The van der Waals surface area contributed by atoms with E-state index < -0.39 is 6.10 Å². The molecule has 0 aliphatic heterocycles. The lowest BCUT2D eigenvalue weighted by atomic mass is 9.86. The Balaban J connectivity index is 1.82. The molecule has 2 aromatic rings. The Bertz CT molecular complexity index is 1150. The van der Waals surface area contributed by atoms with E-state index in [1.54, 1.807) is 19.1 Å². The SMILES string of the molecule is C=C(NCC(O)COc1ccc(Cl)c(C)c1)[C@@H](C)NC(=O)/C=C(\C)N=C(C)c1ccc(C(C)(C)C)cc1. The summed E-state index contributed by atoms with van der Waals surface area (Å²) in [4.78, 5) is 17.1. The number of ether oxygens (including phenoxy) is 1. The fourth-order valence-corrected chi connectivity index (χ4v) is 3.58. The molecule has 6 nitrogen and oxygen atoms in total. The Morgan fingerprint density at radius 1 is 1.19 bits per heavy atom. The minimum Gasteiger partial charge on any atom is -0.491 e. The first-order chi connectivity index (χ1) is 17.3. The third kappa shape index (κ3) is 10.1. The summed E-state index contributed by atoms with van der Waals surface area (Å²) in [5, 5.41) is 16.8. The van der Waals surface area contributed by atoms with Crippen LogP contribution in [0, 0.1) is 6.92 Å². The number of benzene rings is 2. The predicted octanol–water partition coefficient (Wildman–Crippen LogP) is 5.71. The zero-order valence-electron chi connectivity index (χ0n) is 23.0. The van der Waals surface area contributed by atoms with Crippen LogP contribution in [0.3, 0.4) is 0 Å². The number of nitrogens with zero attached hydrogens (tertiary/aromatic N) is 1. The van der Waals surface area contributed by atoms with Crippen molar-refractivity contribution in [2.24, 2.45) is 4.99 Å². The van der Waals surface area contributed by atoms with Gasteiger partial charge in [0.1, 0.15) is 18.5 Å². The lowest BCUT2D eigenvalue weighted by Gasteiger charge is -2.20. The van der Waals surface area contributed by atoms with E-state index in [-0.39, 0.29) is 30.5 Å². The Morgan fingerprint density at radius 3 is 2.43 bits per heavy atom. The quantitative estimate of drug-likeness (QED) is 0.259. The van der Waals surface area contributed by atoms with Crippen molar-refractivity contribution in [2.75, 3.05) is 13.2 Å². The molecule has 0 spiro atoms. The molecule has 2 aromatic carbocycles. The summed E-state index contributed by atoms with van der Waals surface area (Å²) < 4.78 is 5.62. The summed E-state index contributed by atoms with van der Waals surface area (Å²) >= 11 is 6.02. The van der Waals surface area contributed by atoms with Gasteiger partial charge in [-0.3, -0.25) is 9.79 Å². The normalized spacial score (nSPS) is 14.1. The summed E-state index contributed by atoms with van der Waals surface area (Å²) in [5.41, 5.74) is 5.30. The molecule has 0 fully saturated rings. The van der Waals surface area contributed by atoms with Crippen molar-refractivity contribution in [3.8, 4) is 5.75 Å². The number of rotatable bonds is 11. The lowest BCUT2D eigenvalue weighted by Crippen LogP contribution is -2.40. The van der Waals surface area contributed by atoms with Crippen LogP contribution >= 0.6 is 11.6 Å². The Labute approximate surface area is 226 Å². The van der Waals surface area contributed by atoms with Crippen molar-refractivity contribution < 1.29 is 14.6 Å². The summed E-state index contributed by atoms with van der Waals surface area (Å²) in [7, 11) is 0. The number of allylic oxidation sites excluding steroid dienone is 1. The van der Waals surface area contributed by atoms with E-state index in [0.29, 0.717) is 22.2 Å². The van der Waals surface area contributed by atoms with Crippen molar-refractivity contribution in [2.45, 2.75) is 66.0 Å². The molecule has 2 atom stereocenters. The van der Waals surface area contributed by atoms with Gasteiger partial charge in [0, 0.05) is 34.7 Å². The molecule has 0 aliphatic rings. The molecule has 1 amide bonds. The average Bonchev–Trinajstić information content (AvgIpc) is 2.82. The second kappa shape index (κ2) is 13.5. The predicted molar refractivity (Wildman–Crippen MR) is 154 cm³/mol. The van der Waals surface area contributed by atoms with E-state index in [4.69, 9.17) is 16.3 Å². The fraction of sp³-hybridized carbons (Fsp3) is 0.400. The Hall–Kier alpha value is -3.09. The molecule has 0 aliphatic carbocycles. The first-order valence-corrected chi connectivity index (χ1v) is 12.8. The molecule has 0 aromatic heterocycles. The van der Waals surface area contributed by atoms with Crippen LogP contribution in [0.2, 0.25) is 5.02 Å². The van der Waals surface area contributed by atoms with Gasteiger partial charge in [0.05, 0.1) is 6.04 Å². The van der Waals surface area contributed by atoms with Crippen LogP contribution in [0.1, 0.15) is 58.2 Å². The van der Waals surface area contributed by atoms with Gasteiger partial charge in [0.25, 0.3) is 0 Å². The third-order valence-corrected chi connectivity index (χ3v) is 6.29. The van der Waals surface area contributed by atoms with Crippen molar-refractivity contribution in [1.29, 1.82) is 0 Å². The van der Waals surface area contributed by atoms with Gasteiger partial charge in [-0.25, -0.2) is 0 Å². The zero-order valence-corrected chi connectivity index (χ0v) is 23.7. The van der Waals surface area contributed by atoms with Gasteiger partial charge in [0.2, 0.25) is 5.91 Å². The highest BCUT2D eigenvalue weighted by molar-refractivity contribution is 6.31. The highest BCUT2D eigenvalue weighted by atomic mass is 35.5. The zero-order chi connectivity index (χ0) is 27.8. The number of amides is 1. The number of aryl methyl sites for hydroxylation is 1. The Morgan fingerprint density at radius 2 is 1.84 bits per heavy atom. The minimum atomic E-state index is -0.757. The second-order valence-electron chi connectivity index (χ2n) is 10.3. The number of nitrogens with one attached hydrogen (secondary N) is 2. The van der Waals surface area contributed by atoms with Crippen molar-refractivity contribution in [3.63, 3.8) is 0 Å². The molecule has 0 saturated heterocycles. The number of hydrogen-bond acceptors (Lipinski definition) is 5. The number of hydrogen-bond donors (Lipinski definition) is 3. The lowest BCUT2D eigenvalue weighted by molar-refractivity contribution is -0.116. The van der Waals surface area contributed by atoms with E-state index in [1.807, 2.05) is 26.8 Å². The number of aliphatic hydroxyl groups excluding tert-OH is 1. The number of carbonyl (C=O) groups is 1. The first-order valence-electron chi connectivity index (χ1n) is 12.4. The fourth-order valence-electron chi connectivity index (χ4n) is 3.46. The molecular formula is C30H40ClN3O3. The van der Waals surface area contributed by atoms with E-state index in [9.17, 15) is 9.90 Å². The monoisotopic (exact) mass is 525 g/mol. The van der Waals surface area contributed by atoms with Crippen LogP contribution < -0.4 is 15.4 Å². The summed E-state index contributed by atoms with van der Waals surface area (Å²) in [6.07, 6.45) is 0.709. The van der Waals surface area contributed by atoms with E-state index in [2.05, 4.69) is 67.2 Å². The third-order valence-electron chi connectivity index (χ3n) is 5.87. The van der Waals surface area contributed by atoms with Gasteiger partial charge in [-0.2, -0.15) is 0 Å². The molecule has 0 radical (unpaired) electrons. The standard InChI is InChI=1S/C30H40ClN3O3/c1-19-15-27(13-14-28(19)31)37-18-26(35)17-32-21(3)22(4)34-29(36)16-20(2)33-23(5)24-9-11-25(12-10-24)30(6,7)8/h9-16,22,26,32,35H,3,17-18H2,1-2,4-8H3,(H,34,36)/b20-16+,33-23?/t22-,26?/m1/s1. The van der Waals surface area contributed by atoms with Crippen LogP contribution in [0.4, 0.5) is 0 Å².